The Kier molecular flexibility index (Phi) is 7.11. The topological polar surface area (TPSA) is 21.3 Å². The van der Waals surface area contributed by atoms with Crippen LogP contribution in [-0.4, -0.2) is 19.8 Å². The van der Waals surface area contributed by atoms with Gasteiger partial charge in [0.15, 0.2) is 0 Å². The molecule has 2 heteroatoms. The van der Waals surface area contributed by atoms with Crippen molar-refractivity contribution in [1.29, 1.82) is 0 Å². The van der Waals surface area contributed by atoms with Crippen molar-refractivity contribution in [3.8, 4) is 0 Å². The van der Waals surface area contributed by atoms with Gasteiger partial charge in [-0.3, -0.25) is 0 Å². The van der Waals surface area contributed by atoms with Crippen LogP contribution in [0.4, 0.5) is 0 Å². The van der Waals surface area contributed by atoms with Gasteiger partial charge in [0.1, 0.15) is 0 Å². The Morgan fingerprint density at radius 3 is 2.42 bits per heavy atom. The predicted molar refractivity (Wildman–Crippen MR) is 82.4 cm³/mol. The smallest absolute Gasteiger partial charge is 0.0477 e. The number of hydrogen-bond acceptors (Lipinski definition) is 2. The first-order valence-corrected chi connectivity index (χ1v) is 7.39. The van der Waals surface area contributed by atoms with Gasteiger partial charge in [-0.2, -0.15) is 0 Å². The summed E-state index contributed by atoms with van der Waals surface area (Å²) in [6.07, 6.45) is 2.22. The molecule has 1 N–H and O–H groups in total. The fraction of sp³-hybridized carbons (Fsp3) is 0.647. The standard InChI is InChI=1S/C17H29NO/c1-5-19-13-9-12-18-16(14-17(2,3)4)15-10-7-6-8-11-15/h6-8,10-11,16,18H,5,9,12-14H2,1-4H3. The second-order valence-corrected chi connectivity index (χ2v) is 6.23. The van der Waals surface area contributed by atoms with Crippen LogP contribution < -0.4 is 5.32 Å². The van der Waals surface area contributed by atoms with E-state index in [1.165, 1.54) is 5.56 Å². The van der Waals surface area contributed by atoms with Crippen molar-refractivity contribution >= 4 is 0 Å². The molecule has 1 aromatic rings. The van der Waals surface area contributed by atoms with E-state index in [9.17, 15) is 0 Å². The Labute approximate surface area is 118 Å². The van der Waals surface area contributed by atoms with Crippen molar-refractivity contribution < 1.29 is 4.74 Å². The lowest BCUT2D eigenvalue weighted by atomic mass is 9.85. The number of hydrogen-bond donors (Lipinski definition) is 1. The van der Waals surface area contributed by atoms with Gasteiger partial charge in [0.05, 0.1) is 0 Å². The lowest BCUT2D eigenvalue weighted by molar-refractivity contribution is 0.143. The zero-order valence-electron chi connectivity index (χ0n) is 12.9. The van der Waals surface area contributed by atoms with E-state index in [1.807, 2.05) is 6.92 Å². The zero-order valence-corrected chi connectivity index (χ0v) is 12.9. The molecule has 0 aliphatic carbocycles. The van der Waals surface area contributed by atoms with Gasteiger partial charge in [-0.25, -0.2) is 0 Å². The quantitative estimate of drug-likeness (QED) is 0.710. The summed E-state index contributed by atoms with van der Waals surface area (Å²) in [5.41, 5.74) is 1.71. The number of nitrogens with one attached hydrogen (secondary N) is 1. The van der Waals surface area contributed by atoms with Crippen LogP contribution in [0.5, 0.6) is 0 Å². The predicted octanol–water partition coefficient (Wildman–Crippen LogP) is 4.18. The van der Waals surface area contributed by atoms with Crippen molar-refractivity contribution in [2.24, 2.45) is 5.41 Å². The normalized spacial score (nSPS) is 13.5. The first-order valence-electron chi connectivity index (χ1n) is 7.39. The molecule has 0 spiro atoms. The highest BCUT2D eigenvalue weighted by atomic mass is 16.5. The molecule has 0 aliphatic heterocycles. The van der Waals surface area contributed by atoms with Crippen LogP contribution in [0.15, 0.2) is 30.3 Å². The van der Waals surface area contributed by atoms with Gasteiger partial charge in [0.2, 0.25) is 0 Å². The summed E-state index contributed by atoms with van der Waals surface area (Å²) in [6, 6.07) is 11.2. The Bertz CT molecular complexity index is 329. The molecule has 0 fully saturated rings. The molecule has 108 valence electrons. The summed E-state index contributed by atoms with van der Waals surface area (Å²) in [5.74, 6) is 0. The van der Waals surface area contributed by atoms with Gasteiger partial charge in [-0.1, -0.05) is 51.1 Å². The molecule has 0 heterocycles. The molecule has 0 radical (unpaired) electrons. The molecule has 1 aromatic carbocycles. The average Bonchev–Trinajstić information content (AvgIpc) is 2.37. The molecule has 1 unspecified atom stereocenters. The lowest BCUT2D eigenvalue weighted by Gasteiger charge is -2.27. The van der Waals surface area contributed by atoms with Crippen LogP contribution in [0, 0.1) is 5.41 Å². The molecule has 19 heavy (non-hydrogen) atoms. The largest absolute Gasteiger partial charge is 0.382 e. The van der Waals surface area contributed by atoms with E-state index in [0.717, 1.165) is 32.6 Å². The Balaban J connectivity index is 2.51. The molecular formula is C17H29NO. The van der Waals surface area contributed by atoms with Gasteiger partial charge in [0, 0.05) is 19.3 Å². The zero-order chi connectivity index (χ0) is 14.1. The Morgan fingerprint density at radius 2 is 1.84 bits per heavy atom. The maximum absolute atomic E-state index is 5.38. The number of ether oxygens (including phenoxy) is 1. The fourth-order valence-electron chi connectivity index (χ4n) is 2.20. The highest BCUT2D eigenvalue weighted by molar-refractivity contribution is 5.19. The second kappa shape index (κ2) is 8.34. The lowest BCUT2D eigenvalue weighted by Crippen LogP contribution is -2.27. The van der Waals surface area contributed by atoms with Crippen molar-refractivity contribution in [3.05, 3.63) is 35.9 Å². The minimum absolute atomic E-state index is 0.327. The van der Waals surface area contributed by atoms with Gasteiger partial charge in [-0.05, 0) is 37.3 Å². The van der Waals surface area contributed by atoms with Crippen LogP contribution in [0.3, 0.4) is 0 Å². The van der Waals surface area contributed by atoms with Gasteiger partial charge < -0.3 is 10.1 Å². The fourth-order valence-corrected chi connectivity index (χ4v) is 2.20. The third-order valence-electron chi connectivity index (χ3n) is 3.08. The molecule has 0 saturated heterocycles. The van der Waals surface area contributed by atoms with E-state index in [4.69, 9.17) is 4.74 Å². The molecular weight excluding hydrogens is 234 g/mol. The average molecular weight is 263 g/mol. The van der Waals surface area contributed by atoms with E-state index >= 15 is 0 Å². The maximum atomic E-state index is 5.38. The minimum Gasteiger partial charge on any atom is -0.382 e. The summed E-state index contributed by atoms with van der Waals surface area (Å²) in [5, 5.41) is 3.67. The van der Waals surface area contributed by atoms with Gasteiger partial charge in [0.25, 0.3) is 0 Å². The van der Waals surface area contributed by atoms with Gasteiger partial charge >= 0.3 is 0 Å². The molecule has 0 saturated carbocycles. The molecule has 0 amide bonds. The number of benzene rings is 1. The molecule has 1 atom stereocenters. The minimum atomic E-state index is 0.327. The third kappa shape index (κ3) is 7.34. The SMILES string of the molecule is CCOCCCNC(CC(C)(C)C)c1ccccc1. The molecule has 0 aliphatic rings. The monoisotopic (exact) mass is 263 g/mol. The van der Waals surface area contributed by atoms with E-state index in [0.29, 0.717) is 11.5 Å². The summed E-state index contributed by atoms with van der Waals surface area (Å²) in [7, 11) is 0. The van der Waals surface area contributed by atoms with E-state index in [-0.39, 0.29) is 0 Å². The first-order chi connectivity index (χ1) is 9.03. The molecule has 0 bridgehead atoms. The second-order valence-electron chi connectivity index (χ2n) is 6.23. The van der Waals surface area contributed by atoms with Crippen LogP contribution in [-0.2, 0) is 4.74 Å². The van der Waals surface area contributed by atoms with Crippen LogP contribution in [0.1, 0.15) is 52.1 Å². The van der Waals surface area contributed by atoms with Crippen molar-refractivity contribution in [3.63, 3.8) is 0 Å². The molecule has 2 nitrogen and oxygen atoms in total. The summed E-state index contributed by atoms with van der Waals surface area (Å²) >= 11 is 0. The van der Waals surface area contributed by atoms with E-state index in [2.05, 4.69) is 56.4 Å². The summed E-state index contributed by atoms with van der Waals surface area (Å²) in [4.78, 5) is 0. The maximum Gasteiger partial charge on any atom is 0.0477 e. The Hall–Kier alpha value is -0.860. The highest BCUT2D eigenvalue weighted by Crippen LogP contribution is 2.29. The van der Waals surface area contributed by atoms with Crippen LogP contribution >= 0.6 is 0 Å². The van der Waals surface area contributed by atoms with E-state index in [1.54, 1.807) is 0 Å². The Morgan fingerprint density at radius 1 is 1.16 bits per heavy atom. The third-order valence-corrected chi connectivity index (χ3v) is 3.08. The van der Waals surface area contributed by atoms with Crippen molar-refractivity contribution in [2.45, 2.75) is 46.6 Å². The highest BCUT2D eigenvalue weighted by Gasteiger charge is 2.19. The van der Waals surface area contributed by atoms with Gasteiger partial charge in [-0.15, -0.1) is 0 Å². The van der Waals surface area contributed by atoms with Crippen molar-refractivity contribution in [1.82, 2.24) is 5.32 Å². The summed E-state index contributed by atoms with van der Waals surface area (Å²) < 4.78 is 5.38. The number of rotatable bonds is 8. The van der Waals surface area contributed by atoms with Crippen molar-refractivity contribution in [2.75, 3.05) is 19.8 Å². The van der Waals surface area contributed by atoms with E-state index < -0.39 is 0 Å². The first kappa shape index (κ1) is 16.2. The molecule has 0 aromatic heterocycles. The molecule has 1 rings (SSSR count). The summed E-state index contributed by atoms with van der Waals surface area (Å²) in [6.45, 7) is 11.6. The van der Waals surface area contributed by atoms with Crippen LogP contribution in [0.25, 0.3) is 0 Å². The van der Waals surface area contributed by atoms with Crippen LogP contribution in [0.2, 0.25) is 0 Å².